The van der Waals surface area contributed by atoms with Crippen molar-refractivity contribution in [2.24, 2.45) is 5.92 Å². The average Bonchev–Trinajstić information content (AvgIpc) is 2.56. The van der Waals surface area contributed by atoms with E-state index in [2.05, 4.69) is 20.8 Å². The van der Waals surface area contributed by atoms with Crippen LogP contribution in [0.25, 0.3) is 0 Å². The number of carbonyl (C=O) groups is 1. The molecule has 0 aromatic heterocycles. The first-order valence-corrected chi connectivity index (χ1v) is 9.04. The molecular weight excluding hydrogens is 288 g/mol. The fourth-order valence-electron chi connectivity index (χ4n) is 2.64. The minimum atomic E-state index is -0.741. The molecule has 0 saturated heterocycles. The van der Waals surface area contributed by atoms with Crippen molar-refractivity contribution in [1.82, 2.24) is 0 Å². The Bertz CT molecular complexity index is 439. The third kappa shape index (κ3) is 7.54. The Morgan fingerprint density at radius 1 is 1.09 bits per heavy atom. The van der Waals surface area contributed by atoms with E-state index in [1.807, 2.05) is 24.3 Å². The Morgan fingerprint density at radius 2 is 1.74 bits per heavy atom. The zero-order valence-electron chi connectivity index (χ0n) is 14.9. The minimum absolute atomic E-state index is 0.412. The van der Waals surface area contributed by atoms with E-state index in [1.54, 1.807) is 0 Å². The molecule has 0 aliphatic rings. The van der Waals surface area contributed by atoms with Crippen LogP contribution in [-0.2, 0) is 4.79 Å². The van der Waals surface area contributed by atoms with Gasteiger partial charge in [0.05, 0.1) is 12.5 Å². The molecule has 0 amide bonds. The predicted octanol–water partition coefficient (Wildman–Crippen LogP) is 5.64. The van der Waals surface area contributed by atoms with Gasteiger partial charge in [-0.3, -0.25) is 4.79 Å². The number of carboxylic acid groups (broad SMARTS) is 1. The van der Waals surface area contributed by atoms with Crippen LogP contribution in [0, 0.1) is 5.92 Å². The predicted molar refractivity (Wildman–Crippen MR) is 95.1 cm³/mol. The molecule has 0 heterocycles. The van der Waals surface area contributed by atoms with Crippen molar-refractivity contribution >= 4 is 5.97 Å². The first kappa shape index (κ1) is 19.5. The molecule has 3 nitrogen and oxygen atoms in total. The second kappa shape index (κ2) is 11.1. The van der Waals surface area contributed by atoms with Gasteiger partial charge >= 0.3 is 5.97 Å². The van der Waals surface area contributed by atoms with Crippen molar-refractivity contribution in [2.75, 3.05) is 6.61 Å². The van der Waals surface area contributed by atoms with E-state index in [1.165, 1.54) is 25.7 Å². The Hall–Kier alpha value is -1.51. The highest BCUT2D eigenvalue weighted by atomic mass is 16.5. The molecule has 1 aromatic carbocycles. The number of benzene rings is 1. The smallest absolute Gasteiger partial charge is 0.310 e. The number of ether oxygens (including phenoxy) is 1. The number of carboxylic acids is 1. The summed E-state index contributed by atoms with van der Waals surface area (Å²) in [6, 6.07) is 7.59. The van der Waals surface area contributed by atoms with Gasteiger partial charge in [-0.1, -0.05) is 65.0 Å². The van der Waals surface area contributed by atoms with Crippen molar-refractivity contribution in [3.63, 3.8) is 0 Å². The summed E-state index contributed by atoms with van der Waals surface area (Å²) >= 11 is 0. The SMILES string of the molecule is CCCCCCCOc1ccc(C(CC(C)CC)C(=O)O)cc1. The van der Waals surface area contributed by atoms with E-state index in [0.717, 1.165) is 30.8 Å². The maximum absolute atomic E-state index is 11.5. The lowest BCUT2D eigenvalue weighted by molar-refractivity contribution is -0.139. The second-order valence-electron chi connectivity index (χ2n) is 6.47. The normalized spacial score (nSPS) is 13.5. The topological polar surface area (TPSA) is 46.5 Å². The molecule has 23 heavy (non-hydrogen) atoms. The van der Waals surface area contributed by atoms with Gasteiger partial charge in [-0.15, -0.1) is 0 Å². The van der Waals surface area contributed by atoms with E-state index in [4.69, 9.17) is 4.74 Å². The second-order valence-corrected chi connectivity index (χ2v) is 6.47. The van der Waals surface area contributed by atoms with Gasteiger partial charge in [-0.05, 0) is 36.5 Å². The summed E-state index contributed by atoms with van der Waals surface area (Å²) in [5.41, 5.74) is 0.869. The van der Waals surface area contributed by atoms with Crippen LogP contribution in [0.15, 0.2) is 24.3 Å². The van der Waals surface area contributed by atoms with Gasteiger partial charge in [0.15, 0.2) is 0 Å². The van der Waals surface area contributed by atoms with Crippen molar-refractivity contribution < 1.29 is 14.6 Å². The molecule has 0 spiro atoms. The molecule has 2 atom stereocenters. The molecule has 0 saturated carbocycles. The highest BCUT2D eigenvalue weighted by Crippen LogP contribution is 2.27. The largest absolute Gasteiger partial charge is 0.494 e. The lowest BCUT2D eigenvalue weighted by Gasteiger charge is -2.17. The summed E-state index contributed by atoms with van der Waals surface area (Å²) in [4.78, 5) is 11.5. The molecular formula is C20H32O3. The minimum Gasteiger partial charge on any atom is -0.494 e. The van der Waals surface area contributed by atoms with Crippen molar-refractivity contribution in [3.8, 4) is 5.75 Å². The Labute approximate surface area is 141 Å². The fraction of sp³-hybridized carbons (Fsp3) is 0.650. The summed E-state index contributed by atoms with van der Waals surface area (Å²) in [7, 11) is 0. The van der Waals surface area contributed by atoms with Crippen LogP contribution in [0.5, 0.6) is 5.75 Å². The molecule has 2 unspecified atom stereocenters. The van der Waals surface area contributed by atoms with Gasteiger partial charge in [0.1, 0.15) is 5.75 Å². The number of hydrogen-bond acceptors (Lipinski definition) is 2. The maximum atomic E-state index is 11.5. The molecule has 0 bridgehead atoms. The number of hydrogen-bond donors (Lipinski definition) is 1. The summed E-state index contributed by atoms with van der Waals surface area (Å²) in [5.74, 6) is 0.0787. The van der Waals surface area contributed by atoms with Crippen molar-refractivity contribution in [1.29, 1.82) is 0 Å². The lowest BCUT2D eigenvalue weighted by atomic mass is 9.88. The first-order valence-electron chi connectivity index (χ1n) is 9.04. The van der Waals surface area contributed by atoms with E-state index >= 15 is 0 Å². The van der Waals surface area contributed by atoms with Gasteiger partial charge < -0.3 is 9.84 Å². The van der Waals surface area contributed by atoms with E-state index < -0.39 is 11.9 Å². The standard InChI is InChI=1S/C20H32O3/c1-4-6-7-8-9-14-23-18-12-10-17(11-13-18)19(20(21)22)15-16(3)5-2/h10-13,16,19H,4-9,14-15H2,1-3H3,(H,21,22). The molecule has 3 heteroatoms. The van der Waals surface area contributed by atoms with Gasteiger partial charge in [0.25, 0.3) is 0 Å². The van der Waals surface area contributed by atoms with Gasteiger partial charge in [0.2, 0.25) is 0 Å². The monoisotopic (exact) mass is 320 g/mol. The summed E-state index contributed by atoms with van der Waals surface area (Å²) in [6.07, 6.45) is 7.79. The third-order valence-electron chi connectivity index (χ3n) is 4.43. The average molecular weight is 320 g/mol. The number of aliphatic carboxylic acids is 1. The third-order valence-corrected chi connectivity index (χ3v) is 4.43. The number of rotatable bonds is 12. The van der Waals surface area contributed by atoms with Crippen LogP contribution < -0.4 is 4.74 Å². The van der Waals surface area contributed by atoms with Crippen LogP contribution in [0.3, 0.4) is 0 Å². The molecule has 0 aliphatic carbocycles. The molecule has 0 radical (unpaired) electrons. The van der Waals surface area contributed by atoms with Crippen molar-refractivity contribution in [2.45, 2.75) is 71.6 Å². The molecule has 1 aromatic rings. The summed E-state index contributed by atoms with van der Waals surface area (Å²) in [6.45, 7) is 7.15. The van der Waals surface area contributed by atoms with E-state index in [-0.39, 0.29) is 0 Å². The lowest BCUT2D eigenvalue weighted by Crippen LogP contribution is -2.14. The van der Waals surface area contributed by atoms with Crippen LogP contribution >= 0.6 is 0 Å². The highest BCUT2D eigenvalue weighted by Gasteiger charge is 2.21. The molecule has 130 valence electrons. The van der Waals surface area contributed by atoms with E-state index in [0.29, 0.717) is 12.3 Å². The Kier molecular flexibility index (Phi) is 9.42. The van der Waals surface area contributed by atoms with Gasteiger partial charge in [-0.25, -0.2) is 0 Å². The molecule has 0 aliphatic heterocycles. The quantitative estimate of drug-likeness (QED) is 0.507. The van der Waals surface area contributed by atoms with Crippen LogP contribution in [-0.4, -0.2) is 17.7 Å². The highest BCUT2D eigenvalue weighted by molar-refractivity contribution is 5.76. The van der Waals surface area contributed by atoms with Crippen molar-refractivity contribution in [3.05, 3.63) is 29.8 Å². The van der Waals surface area contributed by atoms with E-state index in [9.17, 15) is 9.90 Å². The van der Waals surface area contributed by atoms with Crippen LogP contribution in [0.4, 0.5) is 0 Å². The zero-order chi connectivity index (χ0) is 17.1. The summed E-state index contributed by atoms with van der Waals surface area (Å²) < 4.78 is 5.74. The Balaban J connectivity index is 2.48. The zero-order valence-corrected chi connectivity index (χ0v) is 14.9. The Morgan fingerprint density at radius 3 is 2.30 bits per heavy atom. The summed E-state index contributed by atoms with van der Waals surface area (Å²) in [5, 5.41) is 9.45. The fourth-order valence-corrected chi connectivity index (χ4v) is 2.64. The maximum Gasteiger partial charge on any atom is 0.310 e. The van der Waals surface area contributed by atoms with Gasteiger partial charge in [-0.2, -0.15) is 0 Å². The van der Waals surface area contributed by atoms with Crippen LogP contribution in [0.1, 0.15) is 77.2 Å². The molecule has 0 fully saturated rings. The van der Waals surface area contributed by atoms with Gasteiger partial charge in [0, 0.05) is 0 Å². The number of unbranched alkanes of at least 4 members (excludes halogenated alkanes) is 4. The molecule has 1 rings (SSSR count). The van der Waals surface area contributed by atoms with Crippen LogP contribution in [0.2, 0.25) is 0 Å². The first-order chi connectivity index (χ1) is 11.1. The molecule has 1 N–H and O–H groups in total.